The Kier molecular flexibility index (Phi) is 8.24. The number of ether oxygens (including phenoxy) is 2. The lowest BCUT2D eigenvalue weighted by molar-refractivity contribution is 0.305. The third-order valence-corrected chi connectivity index (χ3v) is 6.75. The van der Waals surface area contributed by atoms with Gasteiger partial charge in [-0.15, -0.1) is 0 Å². The van der Waals surface area contributed by atoms with Gasteiger partial charge in [0, 0.05) is 5.56 Å². The van der Waals surface area contributed by atoms with Gasteiger partial charge in [0.15, 0.2) is 5.82 Å². The number of hydrogen-bond donors (Lipinski definition) is 0. The molecule has 0 N–H and O–H groups in total. The van der Waals surface area contributed by atoms with E-state index in [-0.39, 0.29) is 23.9 Å². The molecule has 0 saturated carbocycles. The Balaban J connectivity index is 1.56. The summed E-state index contributed by atoms with van der Waals surface area (Å²) < 4.78 is 26.7. The Bertz CT molecular complexity index is 1790. The van der Waals surface area contributed by atoms with Crippen molar-refractivity contribution in [2.75, 3.05) is 6.61 Å². The summed E-state index contributed by atoms with van der Waals surface area (Å²) in [7, 11) is 0. The van der Waals surface area contributed by atoms with Crippen molar-refractivity contribution in [2.45, 2.75) is 40.2 Å². The molecule has 1 heterocycles. The molecule has 0 atom stereocenters. The van der Waals surface area contributed by atoms with Crippen LogP contribution in [0.1, 0.15) is 48.9 Å². The monoisotopic (exact) mass is 549 g/mol. The molecule has 208 valence electrons. The van der Waals surface area contributed by atoms with Crippen LogP contribution in [0.2, 0.25) is 0 Å². The van der Waals surface area contributed by atoms with Crippen LogP contribution in [0.5, 0.6) is 11.5 Å². The number of benzene rings is 4. The molecule has 0 amide bonds. The Morgan fingerprint density at radius 1 is 0.976 bits per heavy atom. The topological polar surface area (TPSA) is 65.7 Å². The molecule has 6 nitrogen and oxygen atoms in total. The van der Waals surface area contributed by atoms with E-state index in [9.17, 15) is 9.18 Å². The number of nitrogens with zero attached hydrogens (tertiary/aromatic N) is 3. The van der Waals surface area contributed by atoms with Gasteiger partial charge in [0.25, 0.3) is 5.56 Å². The van der Waals surface area contributed by atoms with E-state index in [0.717, 1.165) is 33.6 Å². The zero-order chi connectivity index (χ0) is 28.9. The molecule has 0 radical (unpaired) electrons. The molecule has 0 aliphatic carbocycles. The fourth-order valence-electron chi connectivity index (χ4n) is 4.68. The maximum atomic E-state index is 13.7. The lowest BCUT2D eigenvalue weighted by Gasteiger charge is -2.18. The summed E-state index contributed by atoms with van der Waals surface area (Å²) in [6.45, 7) is 8.96. The van der Waals surface area contributed by atoms with Crippen LogP contribution in [-0.4, -0.2) is 22.5 Å². The van der Waals surface area contributed by atoms with Gasteiger partial charge in [-0.1, -0.05) is 50.2 Å². The van der Waals surface area contributed by atoms with E-state index in [1.807, 2.05) is 68.4 Å². The smallest absolute Gasteiger partial charge is 0.282 e. The first-order valence-electron chi connectivity index (χ1n) is 13.6. The minimum Gasteiger partial charge on any atom is -0.494 e. The van der Waals surface area contributed by atoms with E-state index in [4.69, 9.17) is 14.5 Å². The van der Waals surface area contributed by atoms with E-state index in [0.29, 0.717) is 29.1 Å². The third kappa shape index (κ3) is 6.19. The number of aryl methyl sites for hydroxylation is 1. The van der Waals surface area contributed by atoms with E-state index in [2.05, 4.69) is 25.0 Å². The van der Waals surface area contributed by atoms with Crippen molar-refractivity contribution >= 4 is 17.1 Å². The van der Waals surface area contributed by atoms with Crippen molar-refractivity contribution < 1.29 is 13.9 Å². The van der Waals surface area contributed by atoms with Crippen molar-refractivity contribution in [3.05, 3.63) is 123 Å². The van der Waals surface area contributed by atoms with Gasteiger partial charge < -0.3 is 9.47 Å². The van der Waals surface area contributed by atoms with Crippen LogP contribution < -0.4 is 15.0 Å². The second-order valence-electron chi connectivity index (χ2n) is 10.1. The molecule has 41 heavy (non-hydrogen) atoms. The van der Waals surface area contributed by atoms with Crippen LogP contribution in [0.3, 0.4) is 0 Å². The maximum absolute atomic E-state index is 13.7. The largest absolute Gasteiger partial charge is 0.494 e. The van der Waals surface area contributed by atoms with Crippen molar-refractivity contribution in [3.63, 3.8) is 0 Å². The highest BCUT2D eigenvalue weighted by Crippen LogP contribution is 2.34. The number of rotatable bonds is 9. The van der Waals surface area contributed by atoms with E-state index in [1.54, 1.807) is 18.3 Å². The number of hydrogen-bond acceptors (Lipinski definition) is 5. The van der Waals surface area contributed by atoms with Crippen LogP contribution in [0.4, 0.5) is 4.39 Å². The van der Waals surface area contributed by atoms with Gasteiger partial charge in [-0.05, 0) is 90.6 Å². The second kappa shape index (κ2) is 12.2. The second-order valence-corrected chi connectivity index (χ2v) is 10.1. The van der Waals surface area contributed by atoms with Gasteiger partial charge in [0.1, 0.15) is 23.9 Å². The molecule has 0 fully saturated rings. The molecule has 0 spiro atoms. The van der Waals surface area contributed by atoms with E-state index in [1.165, 1.54) is 16.8 Å². The molecule has 0 unspecified atom stereocenters. The number of halogens is 1. The normalized spacial score (nSPS) is 11.5. The average molecular weight is 550 g/mol. The molecule has 1 aromatic heterocycles. The first kappa shape index (κ1) is 27.8. The Labute approximate surface area is 238 Å². The molecule has 7 heteroatoms. The molecule has 0 aliphatic rings. The summed E-state index contributed by atoms with van der Waals surface area (Å²) in [4.78, 5) is 18.6. The van der Waals surface area contributed by atoms with Crippen LogP contribution in [0, 0.1) is 12.7 Å². The first-order valence-corrected chi connectivity index (χ1v) is 13.6. The summed E-state index contributed by atoms with van der Waals surface area (Å²) in [6.07, 6.45) is 1.61. The summed E-state index contributed by atoms with van der Waals surface area (Å²) in [5, 5.41) is 5.11. The molecular weight excluding hydrogens is 517 g/mol. The van der Waals surface area contributed by atoms with Gasteiger partial charge in [-0.25, -0.2) is 9.37 Å². The van der Waals surface area contributed by atoms with Crippen LogP contribution in [-0.2, 0) is 6.61 Å². The number of fused-ring (bicyclic) bond motifs is 1. The summed E-state index contributed by atoms with van der Waals surface area (Å²) in [5.74, 6) is 1.78. The highest BCUT2D eigenvalue weighted by molar-refractivity contribution is 5.82. The standard InChI is InChI=1S/C34H32FN3O3/c1-5-40-32-16-23(4)30(19-29(32)22(2)3)33-37-31-15-7-6-14-28(31)34(39)38(33)36-20-24-10-9-13-27(18-24)41-21-25-11-8-12-26(35)17-25/h6-20,22H,5,21H2,1-4H3. The minimum absolute atomic E-state index is 0.204. The zero-order valence-electron chi connectivity index (χ0n) is 23.6. The van der Waals surface area contributed by atoms with E-state index >= 15 is 0 Å². The number of aromatic nitrogens is 2. The molecule has 5 rings (SSSR count). The summed E-state index contributed by atoms with van der Waals surface area (Å²) >= 11 is 0. The van der Waals surface area contributed by atoms with Gasteiger partial charge in [-0.2, -0.15) is 9.78 Å². The lowest BCUT2D eigenvalue weighted by Crippen LogP contribution is -2.20. The minimum atomic E-state index is -0.305. The highest BCUT2D eigenvalue weighted by atomic mass is 19.1. The number of para-hydroxylation sites is 1. The predicted octanol–water partition coefficient (Wildman–Crippen LogP) is 7.49. The molecule has 0 aliphatic heterocycles. The van der Waals surface area contributed by atoms with Gasteiger partial charge in [-0.3, -0.25) is 4.79 Å². The SMILES string of the molecule is CCOc1cc(C)c(-c2nc3ccccc3c(=O)n2N=Cc2cccc(OCc3cccc(F)c3)c2)cc1C(C)C. The van der Waals surface area contributed by atoms with Crippen molar-refractivity contribution in [2.24, 2.45) is 5.10 Å². The zero-order valence-corrected chi connectivity index (χ0v) is 23.6. The van der Waals surface area contributed by atoms with Crippen molar-refractivity contribution in [3.8, 4) is 22.9 Å². The first-order chi connectivity index (χ1) is 19.8. The van der Waals surface area contributed by atoms with Crippen molar-refractivity contribution in [1.82, 2.24) is 9.66 Å². The molecular formula is C34H32FN3O3. The highest BCUT2D eigenvalue weighted by Gasteiger charge is 2.18. The van der Waals surface area contributed by atoms with Crippen LogP contribution in [0.25, 0.3) is 22.3 Å². The van der Waals surface area contributed by atoms with Gasteiger partial charge in [0.2, 0.25) is 0 Å². The van der Waals surface area contributed by atoms with Crippen molar-refractivity contribution in [1.29, 1.82) is 0 Å². The summed E-state index contributed by atoms with van der Waals surface area (Å²) in [6, 6.07) is 25.0. The van der Waals surface area contributed by atoms with E-state index < -0.39 is 0 Å². The quantitative estimate of drug-likeness (QED) is 0.179. The van der Waals surface area contributed by atoms with Crippen LogP contribution in [0.15, 0.2) is 94.8 Å². The van der Waals surface area contributed by atoms with Crippen LogP contribution >= 0.6 is 0 Å². The fraction of sp³-hybridized carbons (Fsp3) is 0.206. The third-order valence-electron chi connectivity index (χ3n) is 6.75. The average Bonchev–Trinajstić information content (AvgIpc) is 2.96. The molecule has 4 aromatic carbocycles. The lowest BCUT2D eigenvalue weighted by atomic mass is 9.96. The summed E-state index contributed by atoms with van der Waals surface area (Å²) in [5.41, 5.74) is 4.58. The Hall–Kier alpha value is -4.78. The molecule has 0 saturated heterocycles. The molecule has 5 aromatic rings. The molecule has 0 bridgehead atoms. The predicted molar refractivity (Wildman–Crippen MR) is 162 cm³/mol. The fourth-order valence-corrected chi connectivity index (χ4v) is 4.68. The van der Waals surface area contributed by atoms with Gasteiger partial charge in [0.05, 0.1) is 23.7 Å². The maximum Gasteiger partial charge on any atom is 0.282 e. The van der Waals surface area contributed by atoms with Gasteiger partial charge >= 0.3 is 0 Å². The Morgan fingerprint density at radius 2 is 1.78 bits per heavy atom. The Morgan fingerprint density at radius 3 is 2.56 bits per heavy atom.